The fraction of sp³-hybridized carbons (Fsp3) is 0.250. The maximum absolute atomic E-state index is 12.8. The molecule has 0 radical (unpaired) electrons. The van der Waals surface area contributed by atoms with Crippen molar-refractivity contribution in [3.63, 3.8) is 0 Å². The highest BCUT2D eigenvalue weighted by molar-refractivity contribution is 7.90. The number of β-amino-alcohol motifs (C(OH)–C–C–N with tert-alkyl or cyclic N) is 1. The minimum atomic E-state index is -4.84. The van der Waals surface area contributed by atoms with Crippen LogP contribution in [0.2, 0.25) is 0 Å². The van der Waals surface area contributed by atoms with Crippen LogP contribution in [0.3, 0.4) is 0 Å². The molecule has 3 N–H and O–H groups in total. The monoisotopic (exact) mass is 491 g/mol. The molecule has 6 nitrogen and oxygen atoms in total. The molecule has 4 rings (SSSR count). The molecule has 0 bridgehead atoms. The Balaban J connectivity index is 1.46. The van der Waals surface area contributed by atoms with Crippen molar-refractivity contribution in [2.75, 3.05) is 18.0 Å². The van der Waals surface area contributed by atoms with Crippen molar-refractivity contribution in [3.8, 4) is 5.75 Å². The number of aryl methyl sites for hydroxylation is 2. The summed E-state index contributed by atoms with van der Waals surface area (Å²) in [5.41, 5.74) is 4.28. The SMILES string of the molecule is N=[S@@](=O)(NC[C@H](O)CN1c2ccccc2CCc2ccccc21)c1ccc(OC(F)(F)F)cc1. The Hall–Kier alpha value is -3.08. The van der Waals surface area contributed by atoms with Crippen LogP contribution < -0.4 is 14.4 Å². The van der Waals surface area contributed by atoms with E-state index in [0.717, 1.165) is 59.6 Å². The Labute approximate surface area is 196 Å². The number of nitrogens with zero attached hydrogens (tertiary/aromatic N) is 1. The predicted molar refractivity (Wildman–Crippen MR) is 124 cm³/mol. The van der Waals surface area contributed by atoms with Crippen molar-refractivity contribution in [1.29, 1.82) is 4.78 Å². The van der Waals surface area contributed by atoms with E-state index in [2.05, 4.69) is 21.6 Å². The van der Waals surface area contributed by atoms with Gasteiger partial charge in [-0.25, -0.2) is 13.7 Å². The number of halogens is 3. The molecule has 10 heteroatoms. The first-order valence-corrected chi connectivity index (χ1v) is 12.2. The molecule has 0 spiro atoms. The molecule has 0 saturated carbocycles. The van der Waals surface area contributed by atoms with Gasteiger partial charge in [0.05, 0.1) is 17.5 Å². The highest BCUT2D eigenvalue weighted by Gasteiger charge is 2.31. The van der Waals surface area contributed by atoms with Crippen molar-refractivity contribution in [1.82, 2.24) is 4.72 Å². The van der Waals surface area contributed by atoms with E-state index in [9.17, 15) is 22.5 Å². The lowest BCUT2D eigenvalue weighted by Gasteiger charge is -2.29. The molecule has 0 unspecified atom stereocenters. The lowest BCUT2D eigenvalue weighted by atomic mass is 10.0. The molecule has 0 fully saturated rings. The van der Waals surface area contributed by atoms with Gasteiger partial charge in [0.15, 0.2) is 0 Å². The second-order valence-corrected chi connectivity index (χ2v) is 9.82. The fourth-order valence-corrected chi connectivity index (χ4v) is 5.09. The summed E-state index contributed by atoms with van der Waals surface area (Å²) in [7, 11) is -3.55. The van der Waals surface area contributed by atoms with Gasteiger partial charge in [0.2, 0.25) is 0 Å². The van der Waals surface area contributed by atoms with E-state index < -0.39 is 28.1 Å². The molecule has 0 amide bonds. The summed E-state index contributed by atoms with van der Waals surface area (Å²) in [6, 6.07) is 20.2. The molecule has 0 aliphatic carbocycles. The number of alkyl halides is 3. The van der Waals surface area contributed by atoms with Crippen molar-refractivity contribution in [2.45, 2.75) is 30.2 Å². The summed E-state index contributed by atoms with van der Waals surface area (Å²) in [5, 5.41) is 10.8. The lowest BCUT2D eigenvalue weighted by Crippen LogP contribution is -2.38. The summed E-state index contributed by atoms with van der Waals surface area (Å²) in [4.78, 5) is 2.01. The molecule has 3 aromatic rings. The average molecular weight is 492 g/mol. The van der Waals surface area contributed by atoms with Gasteiger partial charge in [0.1, 0.15) is 15.7 Å². The number of hydrogen-bond acceptors (Lipinski definition) is 5. The maximum atomic E-state index is 12.8. The van der Waals surface area contributed by atoms with Crippen molar-refractivity contribution in [2.24, 2.45) is 0 Å². The molecule has 3 aromatic carbocycles. The van der Waals surface area contributed by atoms with Crippen molar-refractivity contribution >= 4 is 21.3 Å². The standard InChI is InChI=1S/C24H24F3N3O3S/c25-24(26,27)33-20-11-13-21(14-12-20)34(28,32)29-15-19(31)16-30-22-7-3-1-5-17(22)9-10-18-6-2-4-8-23(18)30/h1-8,11-14,19,31H,9-10,15-16H2,(H2,28,29,32)/t19-,34+/m0/s1. The summed E-state index contributed by atoms with van der Waals surface area (Å²) in [6.45, 7) is 0.0544. The number of hydrogen-bond donors (Lipinski definition) is 3. The normalized spacial score (nSPS) is 16.1. The molecule has 1 aliphatic heterocycles. The Kier molecular flexibility index (Phi) is 6.83. The second-order valence-electron chi connectivity index (χ2n) is 7.95. The average Bonchev–Trinajstić information content (AvgIpc) is 2.95. The molecule has 180 valence electrons. The van der Waals surface area contributed by atoms with Crippen LogP contribution in [0.1, 0.15) is 11.1 Å². The first-order valence-electron chi connectivity index (χ1n) is 10.6. The molecular weight excluding hydrogens is 467 g/mol. The van der Waals surface area contributed by atoms with E-state index in [4.69, 9.17) is 4.78 Å². The van der Waals surface area contributed by atoms with Gasteiger partial charge < -0.3 is 14.7 Å². The van der Waals surface area contributed by atoms with Crippen LogP contribution in [0.5, 0.6) is 5.75 Å². The number of ether oxygens (including phenoxy) is 1. The van der Waals surface area contributed by atoms with Gasteiger partial charge in [-0.05, 0) is 60.4 Å². The Morgan fingerprint density at radius 3 is 2.03 bits per heavy atom. The van der Waals surface area contributed by atoms with Gasteiger partial charge in [-0.1, -0.05) is 36.4 Å². The minimum Gasteiger partial charge on any atom is -0.406 e. The summed E-state index contributed by atoms with van der Waals surface area (Å²) in [5.74, 6) is -0.468. The summed E-state index contributed by atoms with van der Waals surface area (Å²) in [6.07, 6.45) is -4.07. The topological polar surface area (TPSA) is 85.7 Å². The third-order valence-electron chi connectivity index (χ3n) is 5.53. The molecule has 2 atom stereocenters. The van der Waals surface area contributed by atoms with Gasteiger partial charge in [-0.3, -0.25) is 0 Å². The predicted octanol–water partition coefficient (Wildman–Crippen LogP) is 4.79. The molecule has 34 heavy (non-hydrogen) atoms. The van der Waals surface area contributed by atoms with E-state index >= 15 is 0 Å². The zero-order valence-electron chi connectivity index (χ0n) is 18.1. The molecule has 1 heterocycles. The zero-order chi connectivity index (χ0) is 24.3. The van der Waals surface area contributed by atoms with E-state index in [1.807, 2.05) is 41.3 Å². The number of anilines is 2. The number of nitrogens with one attached hydrogen (secondary N) is 2. The largest absolute Gasteiger partial charge is 0.573 e. The Morgan fingerprint density at radius 1 is 0.971 bits per heavy atom. The van der Waals surface area contributed by atoms with Crippen LogP contribution in [0.25, 0.3) is 0 Å². The minimum absolute atomic E-state index is 0.0142. The van der Waals surface area contributed by atoms with E-state index in [1.54, 1.807) is 0 Å². The Bertz CT molecular complexity index is 1200. The number of fused-ring (bicyclic) bond motifs is 2. The smallest absolute Gasteiger partial charge is 0.406 e. The Morgan fingerprint density at radius 2 is 1.50 bits per heavy atom. The van der Waals surface area contributed by atoms with Gasteiger partial charge in [-0.15, -0.1) is 13.2 Å². The van der Waals surface area contributed by atoms with Crippen LogP contribution in [-0.2, 0) is 22.8 Å². The van der Waals surface area contributed by atoms with Gasteiger partial charge >= 0.3 is 6.36 Å². The summed E-state index contributed by atoms with van der Waals surface area (Å²) < 4.78 is 64.3. The quantitative estimate of drug-likeness (QED) is 0.444. The number of para-hydroxylation sites is 2. The third kappa shape index (κ3) is 5.69. The van der Waals surface area contributed by atoms with Crippen molar-refractivity contribution in [3.05, 3.63) is 83.9 Å². The number of rotatable bonds is 7. The van der Waals surface area contributed by atoms with E-state index in [-0.39, 0.29) is 18.0 Å². The number of aliphatic hydroxyl groups excluding tert-OH is 1. The third-order valence-corrected chi connectivity index (χ3v) is 7.04. The second kappa shape index (κ2) is 9.65. The molecule has 1 aliphatic rings. The first-order chi connectivity index (χ1) is 16.1. The van der Waals surface area contributed by atoms with Gasteiger partial charge in [0.25, 0.3) is 0 Å². The molecular formula is C24H24F3N3O3S. The highest BCUT2D eigenvalue weighted by atomic mass is 32.2. The van der Waals surface area contributed by atoms with Crippen LogP contribution in [0.15, 0.2) is 77.7 Å². The lowest BCUT2D eigenvalue weighted by molar-refractivity contribution is -0.274. The maximum Gasteiger partial charge on any atom is 0.573 e. The van der Waals surface area contributed by atoms with Gasteiger partial charge in [-0.2, -0.15) is 0 Å². The first kappa shape index (κ1) is 24.1. The van der Waals surface area contributed by atoms with Crippen LogP contribution in [-0.4, -0.2) is 34.9 Å². The van der Waals surface area contributed by atoms with Crippen LogP contribution in [0, 0.1) is 4.78 Å². The van der Waals surface area contributed by atoms with E-state index in [1.165, 1.54) is 0 Å². The van der Waals surface area contributed by atoms with E-state index in [0.29, 0.717) is 0 Å². The summed E-state index contributed by atoms with van der Waals surface area (Å²) >= 11 is 0. The van der Waals surface area contributed by atoms with Gasteiger partial charge in [0, 0.05) is 17.9 Å². The zero-order valence-corrected chi connectivity index (χ0v) is 18.9. The molecule has 0 saturated heterocycles. The highest BCUT2D eigenvalue weighted by Crippen LogP contribution is 2.36. The fourth-order valence-electron chi connectivity index (χ4n) is 3.97. The van der Waals surface area contributed by atoms with Crippen molar-refractivity contribution < 1.29 is 27.2 Å². The number of aliphatic hydroxyl groups is 1. The van der Waals surface area contributed by atoms with Crippen LogP contribution >= 0.6 is 0 Å². The number of benzene rings is 3. The molecule has 0 aromatic heterocycles. The van der Waals surface area contributed by atoms with Crippen LogP contribution in [0.4, 0.5) is 24.5 Å².